The van der Waals surface area contributed by atoms with Crippen molar-refractivity contribution in [1.29, 1.82) is 0 Å². The largest absolute Gasteiger partial charge is 0.393 e. The molecule has 0 amide bonds. The molecule has 1 N–H and O–H groups in total. The fourth-order valence-corrected chi connectivity index (χ4v) is 3.34. The highest BCUT2D eigenvalue weighted by Crippen LogP contribution is 2.23. The van der Waals surface area contributed by atoms with E-state index >= 15 is 0 Å². The van der Waals surface area contributed by atoms with Gasteiger partial charge in [-0.2, -0.15) is 0 Å². The molecule has 0 fully saturated rings. The van der Waals surface area contributed by atoms with Gasteiger partial charge in [0.15, 0.2) is 0 Å². The van der Waals surface area contributed by atoms with E-state index in [0.717, 1.165) is 19.3 Å². The number of fused-ring (bicyclic) bond motifs is 1. The number of aryl methyl sites for hydroxylation is 4. The maximum absolute atomic E-state index is 10.3. The van der Waals surface area contributed by atoms with E-state index in [-0.39, 0.29) is 6.10 Å². The summed E-state index contributed by atoms with van der Waals surface area (Å²) in [6.45, 7) is 2.14. The summed E-state index contributed by atoms with van der Waals surface area (Å²) in [6.07, 6.45) is 6.05. The molecule has 1 nitrogen and oxygen atoms in total. The Balaban J connectivity index is 1.57. The molecule has 0 aromatic heterocycles. The summed E-state index contributed by atoms with van der Waals surface area (Å²) in [6, 6.07) is 15.2. The second-order valence-electron chi connectivity index (χ2n) is 6.28. The molecule has 0 heterocycles. The van der Waals surface area contributed by atoms with Crippen LogP contribution in [-0.4, -0.2) is 11.2 Å². The van der Waals surface area contributed by atoms with Crippen molar-refractivity contribution in [2.45, 2.75) is 51.6 Å². The third-order valence-corrected chi connectivity index (χ3v) is 4.64. The van der Waals surface area contributed by atoms with Crippen molar-refractivity contribution in [1.82, 2.24) is 0 Å². The number of hydrogen-bond donors (Lipinski definition) is 1. The molecule has 0 saturated heterocycles. The van der Waals surface area contributed by atoms with E-state index < -0.39 is 0 Å². The predicted octanol–water partition coefficient (Wildman–Crippen LogP) is 4.02. The number of hydrogen-bond acceptors (Lipinski definition) is 1. The van der Waals surface area contributed by atoms with Crippen LogP contribution in [0.1, 0.15) is 40.7 Å². The summed E-state index contributed by atoms with van der Waals surface area (Å²) in [5, 5.41) is 10.3. The van der Waals surface area contributed by atoms with Crippen LogP contribution in [0.25, 0.3) is 0 Å². The van der Waals surface area contributed by atoms with Crippen molar-refractivity contribution in [2.75, 3.05) is 0 Å². The van der Waals surface area contributed by atoms with E-state index in [9.17, 15) is 5.11 Å². The Morgan fingerprint density at radius 2 is 1.86 bits per heavy atom. The van der Waals surface area contributed by atoms with Gasteiger partial charge >= 0.3 is 0 Å². The van der Waals surface area contributed by atoms with Gasteiger partial charge in [-0.3, -0.25) is 0 Å². The molecule has 0 saturated carbocycles. The molecule has 0 spiro atoms. The third-order valence-electron chi connectivity index (χ3n) is 4.64. The quantitative estimate of drug-likeness (QED) is 0.877. The summed E-state index contributed by atoms with van der Waals surface area (Å²) < 4.78 is 0. The Morgan fingerprint density at radius 3 is 2.71 bits per heavy atom. The molecule has 0 radical (unpaired) electrons. The zero-order valence-electron chi connectivity index (χ0n) is 12.8. The SMILES string of the molecule is Cc1ccccc1CCC(O)Cc1ccc2c(c1)CCC2. The number of benzene rings is 2. The predicted molar refractivity (Wildman–Crippen MR) is 87.7 cm³/mol. The fourth-order valence-electron chi connectivity index (χ4n) is 3.34. The molecule has 110 valence electrons. The second-order valence-corrected chi connectivity index (χ2v) is 6.28. The van der Waals surface area contributed by atoms with E-state index in [4.69, 9.17) is 0 Å². The number of aliphatic hydroxyl groups excluding tert-OH is 1. The molecule has 1 aliphatic carbocycles. The first-order valence-electron chi connectivity index (χ1n) is 8.05. The Hall–Kier alpha value is -1.60. The minimum atomic E-state index is -0.246. The molecule has 2 aromatic carbocycles. The van der Waals surface area contributed by atoms with Crippen LogP contribution in [0.3, 0.4) is 0 Å². The van der Waals surface area contributed by atoms with Gasteiger partial charge in [-0.05, 0) is 73.3 Å². The molecular formula is C20H24O. The van der Waals surface area contributed by atoms with Crippen LogP contribution >= 0.6 is 0 Å². The first-order valence-corrected chi connectivity index (χ1v) is 8.05. The number of rotatable bonds is 5. The lowest BCUT2D eigenvalue weighted by molar-refractivity contribution is 0.165. The molecule has 2 aromatic rings. The standard InChI is InChI=1S/C20H24O/c1-15-5-2-3-6-17(15)11-12-20(21)14-16-9-10-18-7-4-8-19(18)13-16/h2-3,5-6,9-10,13,20-21H,4,7-8,11-12,14H2,1H3. The second kappa shape index (κ2) is 6.44. The van der Waals surface area contributed by atoms with E-state index in [0.29, 0.717) is 0 Å². The Kier molecular flexibility index (Phi) is 4.40. The fraction of sp³-hybridized carbons (Fsp3) is 0.400. The van der Waals surface area contributed by atoms with Crippen LogP contribution in [0, 0.1) is 6.92 Å². The average Bonchev–Trinajstić information content (AvgIpc) is 2.94. The lowest BCUT2D eigenvalue weighted by Gasteiger charge is -2.13. The smallest absolute Gasteiger partial charge is 0.0583 e. The van der Waals surface area contributed by atoms with Crippen LogP contribution in [0.4, 0.5) is 0 Å². The first kappa shape index (κ1) is 14.3. The maximum Gasteiger partial charge on any atom is 0.0583 e. The minimum Gasteiger partial charge on any atom is -0.393 e. The van der Waals surface area contributed by atoms with Crippen LogP contribution < -0.4 is 0 Å². The average molecular weight is 280 g/mol. The van der Waals surface area contributed by atoms with E-state index in [1.54, 1.807) is 0 Å². The first-order chi connectivity index (χ1) is 10.2. The van der Waals surface area contributed by atoms with Gasteiger partial charge in [0.2, 0.25) is 0 Å². The molecule has 1 atom stereocenters. The highest BCUT2D eigenvalue weighted by Gasteiger charge is 2.13. The highest BCUT2D eigenvalue weighted by atomic mass is 16.3. The van der Waals surface area contributed by atoms with Gasteiger partial charge in [0.25, 0.3) is 0 Å². The van der Waals surface area contributed by atoms with Crippen LogP contribution in [0.5, 0.6) is 0 Å². The van der Waals surface area contributed by atoms with Crippen molar-refractivity contribution >= 4 is 0 Å². The van der Waals surface area contributed by atoms with Crippen molar-refractivity contribution in [3.05, 3.63) is 70.3 Å². The van der Waals surface area contributed by atoms with E-state index in [1.165, 1.54) is 47.1 Å². The molecule has 1 heteroatoms. The molecule has 1 aliphatic rings. The zero-order valence-corrected chi connectivity index (χ0v) is 12.8. The topological polar surface area (TPSA) is 20.2 Å². The van der Waals surface area contributed by atoms with Gasteiger partial charge in [0.1, 0.15) is 0 Å². The Labute approximate surface area is 127 Å². The van der Waals surface area contributed by atoms with Gasteiger partial charge in [0, 0.05) is 0 Å². The van der Waals surface area contributed by atoms with Crippen molar-refractivity contribution in [3.63, 3.8) is 0 Å². The van der Waals surface area contributed by atoms with Gasteiger partial charge < -0.3 is 5.11 Å². The van der Waals surface area contributed by atoms with Crippen LogP contribution in [0.15, 0.2) is 42.5 Å². The van der Waals surface area contributed by atoms with Gasteiger partial charge in [-0.1, -0.05) is 42.5 Å². The van der Waals surface area contributed by atoms with Gasteiger partial charge in [-0.15, -0.1) is 0 Å². The van der Waals surface area contributed by atoms with Crippen LogP contribution in [0.2, 0.25) is 0 Å². The Bertz CT molecular complexity index is 615. The molecule has 1 unspecified atom stereocenters. The lowest BCUT2D eigenvalue weighted by Crippen LogP contribution is -2.12. The summed E-state index contributed by atoms with van der Waals surface area (Å²) in [5.41, 5.74) is 6.97. The van der Waals surface area contributed by atoms with E-state index in [1.807, 2.05) is 0 Å². The summed E-state index contributed by atoms with van der Waals surface area (Å²) in [5.74, 6) is 0. The summed E-state index contributed by atoms with van der Waals surface area (Å²) in [7, 11) is 0. The lowest BCUT2D eigenvalue weighted by atomic mass is 9.97. The molecule has 0 aliphatic heterocycles. The van der Waals surface area contributed by atoms with Crippen molar-refractivity contribution in [2.24, 2.45) is 0 Å². The maximum atomic E-state index is 10.3. The van der Waals surface area contributed by atoms with E-state index in [2.05, 4.69) is 49.4 Å². The molecule has 0 bridgehead atoms. The van der Waals surface area contributed by atoms with Crippen LogP contribution in [-0.2, 0) is 25.7 Å². The molecular weight excluding hydrogens is 256 g/mol. The van der Waals surface area contributed by atoms with Gasteiger partial charge in [-0.25, -0.2) is 0 Å². The third kappa shape index (κ3) is 3.54. The Morgan fingerprint density at radius 1 is 1.05 bits per heavy atom. The summed E-state index contributed by atoms with van der Waals surface area (Å²) in [4.78, 5) is 0. The van der Waals surface area contributed by atoms with Gasteiger partial charge in [0.05, 0.1) is 6.10 Å². The summed E-state index contributed by atoms with van der Waals surface area (Å²) >= 11 is 0. The van der Waals surface area contributed by atoms with Crippen molar-refractivity contribution in [3.8, 4) is 0 Å². The minimum absolute atomic E-state index is 0.246. The monoisotopic (exact) mass is 280 g/mol. The highest BCUT2D eigenvalue weighted by molar-refractivity contribution is 5.35. The normalized spacial score (nSPS) is 15.0. The zero-order chi connectivity index (χ0) is 14.7. The van der Waals surface area contributed by atoms with Crippen molar-refractivity contribution < 1.29 is 5.11 Å². The number of aliphatic hydroxyl groups is 1. The molecule has 21 heavy (non-hydrogen) atoms. The molecule has 3 rings (SSSR count).